The van der Waals surface area contributed by atoms with Crippen LogP contribution in [0.3, 0.4) is 0 Å². The highest BCUT2D eigenvalue weighted by molar-refractivity contribution is 5.93. The summed E-state index contributed by atoms with van der Waals surface area (Å²) in [6, 6.07) is 8.16. The molecule has 5 heteroatoms. The highest BCUT2D eigenvalue weighted by Crippen LogP contribution is 2.38. The van der Waals surface area contributed by atoms with Crippen molar-refractivity contribution in [3.05, 3.63) is 47.9 Å². The fourth-order valence-corrected chi connectivity index (χ4v) is 4.35. The Kier molecular flexibility index (Phi) is 4.77. The third-order valence-electron chi connectivity index (χ3n) is 5.64. The zero-order chi connectivity index (χ0) is 19.0. The number of hydrogen-bond donors (Lipinski definition) is 1. The maximum Gasteiger partial charge on any atom is 0.165 e. The van der Waals surface area contributed by atoms with Crippen molar-refractivity contribution in [3.8, 4) is 0 Å². The number of allylic oxidation sites excluding steroid dienone is 1. The molecule has 2 aromatic heterocycles. The minimum atomic E-state index is -0.115. The van der Waals surface area contributed by atoms with Crippen molar-refractivity contribution < 1.29 is 5.11 Å². The van der Waals surface area contributed by atoms with Crippen LogP contribution in [-0.4, -0.2) is 32.8 Å². The quantitative estimate of drug-likeness (QED) is 0.637. The Hall–Kier alpha value is -2.56. The summed E-state index contributed by atoms with van der Waals surface area (Å²) in [6.45, 7) is 10.1. The smallest absolute Gasteiger partial charge is 0.165 e. The van der Waals surface area contributed by atoms with Gasteiger partial charge < -0.3 is 10.0 Å². The summed E-state index contributed by atoms with van der Waals surface area (Å²) in [7, 11) is 0. The van der Waals surface area contributed by atoms with Gasteiger partial charge in [0, 0.05) is 35.7 Å². The first-order valence-corrected chi connectivity index (χ1v) is 10.0. The van der Waals surface area contributed by atoms with Gasteiger partial charge in [-0.15, -0.1) is 0 Å². The average Bonchev–Trinajstić information content (AvgIpc) is 3.04. The van der Waals surface area contributed by atoms with Crippen molar-refractivity contribution in [1.29, 1.82) is 0 Å². The lowest BCUT2D eigenvalue weighted by Crippen LogP contribution is -2.33. The van der Waals surface area contributed by atoms with Gasteiger partial charge in [-0.05, 0) is 44.7 Å². The third-order valence-corrected chi connectivity index (χ3v) is 5.64. The van der Waals surface area contributed by atoms with Crippen LogP contribution < -0.4 is 4.90 Å². The molecule has 4 rings (SSSR count). The van der Waals surface area contributed by atoms with Gasteiger partial charge in [0.25, 0.3) is 0 Å². The first kappa shape index (κ1) is 17.8. The van der Waals surface area contributed by atoms with Crippen LogP contribution in [0, 0.1) is 6.92 Å². The number of hydrogen-bond acceptors (Lipinski definition) is 4. The Morgan fingerprint density at radius 3 is 2.67 bits per heavy atom. The van der Waals surface area contributed by atoms with Gasteiger partial charge in [0.1, 0.15) is 5.82 Å². The van der Waals surface area contributed by atoms with Crippen molar-refractivity contribution in [2.75, 3.05) is 18.0 Å². The molecule has 27 heavy (non-hydrogen) atoms. The molecule has 3 aromatic rings. The molecule has 3 heterocycles. The van der Waals surface area contributed by atoms with Crippen molar-refractivity contribution in [2.45, 2.75) is 51.9 Å². The molecule has 1 N–H and O–H groups in total. The van der Waals surface area contributed by atoms with Crippen LogP contribution >= 0.6 is 0 Å². The van der Waals surface area contributed by atoms with Crippen molar-refractivity contribution >= 4 is 22.4 Å². The highest BCUT2D eigenvalue weighted by Gasteiger charge is 2.28. The van der Waals surface area contributed by atoms with E-state index < -0.39 is 0 Å². The number of anilines is 1. The zero-order valence-corrected chi connectivity index (χ0v) is 16.3. The van der Waals surface area contributed by atoms with Crippen molar-refractivity contribution in [1.82, 2.24) is 14.6 Å². The number of aliphatic hydroxyl groups excluding tert-OH is 1. The molecular formula is C22H28N4O. The van der Waals surface area contributed by atoms with Gasteiger partial charge in [0.15, 0.2) is 5.65 Å². The van der Waals surface area contributed by atoms with E-state index in [4.69, 9.17) is 10.1 Å². The molecule has 1 unspecified atom stereocenters. The van der Waals surface area contributed by atoms with Gasteiger partial charge in [-0.2, -0.15) is 9.61 Å². The number of rotatable bonds is 5. The van der Waals surface area contributed by atoms with E-state index in [0.717, 1.165) is 59.6 Å². The molecule has 0 saturated carbocycles. The maximum atomic E-state index is 10.4. The summed E-state index contributed by atoms with van der Waals surface area (Å²) in [5.41, 5.74) is 3.88. The van der Waals surface area contributed by atoms with E-state index in [1.54, 1.807) is 0 Å². The van der Waals surface area contributed by atoms with Crippen LogP contribution in [0.5, 0.6) is 0 Å². The Morgan fingerprint density at radius 2 is 1.96 bits per heavy atom. The lowest BCUT2D eigenvalue weighted by atomic mass is 9.91. The number of piperidine rings is 1. The van der Waals surface area contributed by atoms with Crippen LogP contribution in [-0.2, 0) is 0 Å². The fraction of sp³-hybridized carbons (Fsp3) is 0.455. The maximum absolute atomic E-state index is 10.4. The zero-order valence-electron chi connectivity index (χ0n) is 16.3. The predicted molar refractivity (Wildman–Crippen MR) is 111 cm³/mol. The van der Waals surface area contributed by atoms with E-state index in [0.29, 0.717) is 0 Å². The number of fused-ring (bicyclic) bond motifs is 3. The molecule has 0 spiro atoms. The Labute approximate surface area is 160 Å². The van der Waals surface area contributed by atoms with E-state index in [1.165, 1.54) is 19.3 Å². The first-order chi connectivity index (χ1) is 13.1. The van der Waals surface area contributed by atoms with Gasteiger partial charge >= 0.3 is 0 Å². The molecule has 0 amide bonds. The summed E-state index contributed by atoms with van der Waals surface area (Å²) in [5, 5.41) is 16.4. The molecule has 0 bridgehead atoms. The first-order valence-electron chi connectivity index (χ1n) is 10.0. The van der Waals surface area contributed by atoms with Crippen molar-refractivity contribution in [3.63, 3.8) is 0 Å². The van der Waals surface area contributed by atoms with Crippen LogP contribution in [0.2, 0.25) is 0 Å². The monoisotopic (exact) mass is 364 g/mol. The fourth-order valence-electron chi connectivity index (χ4n) is 4.35. The van der Waals surface area contributed by atoms with Gasteiger partial charge in [0.2, 0.25) is 0 Å². The lowest BCUT2D eigenvalue weighted by molar-refractivity contribution is 0.360. The molecule has 1 atom stereocenters. The van der Waals surface area contributed by atoms with Crippen LogP contribution in [0.25, 0.3) is 16.6 Å². The SMILES string of the molecule is C=C(O)C(CCC)c1c(C)nc2c3ccccc3nn2c1N1CCCCC1. The molecule has 142 valence electrons. The van der Waals surface area contributed by atoms with Crippen LogP contribution in [0.15, 0.2) is 36.6 Å². The largest absolute Gasteiger partial charge is 0.512 e. The highest BCUT2D eigenvalue weighted by atomic mass is 16.3. The van der Waals surface area contributed by atoms with Crippen molar-refractivity contribution in [2.24, 2.45) is 0 Å². The molecule has 1 saturated heterocycles. The number of aromatic nitrogens is 3. The van der Waals surface area contributed by atoms with E-state index in [2.05, 4.69) is 31.4 Å². The van der Waals surface area contributed by atoms with Crippen LogP contribution in [0.1, 0.15) is 56.2 Å². The van der Waals surface area contributed by atoms with Crippen LogP contribution in [0.4, 0.5) is 5.82 Å². The molecule has 1 aliphatic heterocycles. The topological polar surface area (TPSA) is 53.7 Å². The van der Waals surface area contributed by atoms with E-state index in [-0.39, 0.29) is 11.7 Å². The number of nitrogens with zero attached hydrogens (tertiary/aromatic N) is 4. The normalized spacial score (nSPS) is 16.1. The van der Waals surface area contributed by atoms with Gasteiger partial charge in [-0.1, -0.05) is 32.1 Å². The van der Waals surface area contributed by atoms with E-state index in [1.807, 2.05) is 22.7 Å². The molecule has 1 aromatic carbocycles. The second-order valence-electron chi connectivity index (χ2n) is 7.57. The molecule has 1 fully saturated rings. The molecular weight excluding hydrogens is 336 g/mol. The second kappa shape index (κ2) is 7.22. The summed E-state index contributed by atoms with van der Waals surface area (Å²) < 4.78 is 2.00. The summed E-state index contributed by atoms with van der Waals surface area (Å²) >= 11 is 0. The summed E-state index contributed by atoms with van der Waals surface area (Å²) in [5.74, 6) is 1.19. The molecule has 5 nitrogen and oxygen atoms in total. The molecule has 1 aliphatic rings. The summed E-state index contributed by atoms with van der Waals surface area (Å²) in [6.07, 6.45) is 5.46. The van der Waals surface area contributed by atoms with Gasteiger partial charge in [-0.3, -0.25) is 0 Å². The standard InChI is InChI=1S/C22H28N4O/c1-4-10-17(16(3)27)20-15(2)23-21-18-11-6-7-12-19(18)24-26(21)22(20)25-13-8-5-9-14-25/h6-7,11-12,17,27H,3-5,8-10,13-14H2,1-2H3. The minimum Gasteiger partial charge on any atom is -0.512 e. The number of aliphatic hydroxyl groups is 1. The third kappa shape index (κ3) is 3.05. The Balaban J connectivity index is 2.04. The van der Waals surface area contributed by atoms with E-state index >= 15 is 0 Å². The number of aryl methyl sites for hydroxylation is 1. The molecule has 0 radical (unpaired) electrons. The van der Waals surface area contributed by atoms with E-state index in [9.17, 15) is 5.11 Å². The van der Waals surface area contributed by atoms with Gasteiger partial charge in [-0.25, -0.2) is 4.98 Å². The molecule has 0 aliphatic carbocycles. The Bertz CT molecular complexity index is 985. The second-order valence-corrected chi connectivity index (χ2v) is 7.57. The van der Waals surface area contributed by atoms with Gasteiger partial charge in [0.05, 0.1) is 11.3 Å². The summed E-state index contributed by atoms with van der Waals surface area (Å²) in [4.78, 5) is 7.35. The Morgan fingerprint density at radius 1 is 1.22 bits per heavy atom. The minimum absolute atomic E-state index is 0.115. The predicted octanol–water partition coefficient (Wildman–Crippen LogP) is 5.14. The number of benzene rings is 1. The average molecular weight is 364 g/mol. The lowest BCUT2D eigenvalue weighted by Gasteiger charge is -2.33.